The average Bonchev–Trinajstić information content (AvgIpc) is 3.21. The van der Waals surface area contributed by atoms with Gasteiger partial charge in [0.1, 0.15) is 13.2 Å². The number of nitrogens with one attached hydrogen (secondary N) is 1. The molecule has 0 aliphatic heterocycles. The van der Waals surface area contributed by atoms with Crippen LogP contribution in [0, 0.1) is 0 Å². The number of hydrogen-bond acceptors (Lipinski definition) is 5. The molecule has 346 valence electrons. The van der Waals surface area contributed by atoms with E-state index in [0.29, 0.717) is 17.4 Å². The number of amides is 1. The van der Waals surface area contributed by atoms with E-state index in [-0.39, 0.29) is 19.1 Å². The number of unbranched alkanes of at least 4 members (excludes halogenated alkanes) is 9. The molecule has 0 rings (SSSR count). The number of likely N-dealkylation sites (N-methyl/N-ethyl adjacent to an activating group) is 1. The van der Waals surface area contributed by atoms with E-state index in [0.717, 1.165) is 109 Å². The SMILES string of the molecule is CC/C=C\C/C=C\C/C=C\C/C=C\C/C=C\C/C=C\C/C=C\C/C=C\C/C=C\CCCCCCCCCC(=O)NC(COP(=O)(O)OCC[N+](C)(C)C)C(O)/C=C/CCCC. The minimum atomic E-state index is -4.33. The van der Waals surface area contributed by atoms with Crippen LogP contribution in [0.15, 0.2) is 122 Å². The maximum atomic E-state index is 12.7. The van der Waals surface area contributed by atoms with Gasteiger partial charge in [0, 0.05) is 6.42 Å². The van der Waals surface area contributed by atoms with Crippen LogP contribution < -0.4 is 5.32 Å². The summed E-state index contributed by atoms with van der Waals surface area (Å²) in [5.41, 5.74) is 0. The fraction of sp³-hybridized carbons (Fsp3) is 0.596. The molecule has 0 bridgehead atoms. The van der Waals surface area contributed by atoms with Gasteiger partial charge in [0.05, 0.1) is 39.9 Å². The highest BCUT2D eigenvalue weighted by atomic mass is 31.2. The summed E-state index contributed by atoms with van der Waals surface area (Å²) in [7, 11) is 1.53. The standard InChI is InChI=1S/C52H87N2O6P/c1-6-8-10-12-13-14-15-16-17-18-19-20-21-22-23-24-25-26-27-28-29-30-31-32-33-34-35-36-37-38-39-40-41-42-44-46-52(56)53-50(51(55)45-43-11-9-7-2)49-60-61(57,58)59-48-47-54(3,4)5/h8,10,13-14,16-17,19-20,22-23,25-26,28-29,31-32,34-35,43,45,50-51,55H,6-7,9,11-12,15,18,21,24,27,30,33,36-42,44,46-49H2,1-5H3,(H-,53,56,57,58)/p+1/b10-8-,14-13-,17-16-,20-19-,23-22-,26-25-,29-28-,32-31-,35-34-,45-43+. The first-order valence-corrected chi connectivity index (χ1v) is 24.9. The molecule has 0 aromatic heterocycles. The van der Waals surface area contributed by atoms with Crippen molar-refractivity contribution in [3.8, 4) is 0 Å². The van der Waals surface area contributed by atoms with Gasteiger partial charge in [0.15, 0.2) is 0 Å². The molecule has 0 saturated heterocycles. The largest absolute Gasteiger partial charge is 0.472 e. The summed E-state index contributed by atoms with van der Waals surface area (Å²) in [6.45, 7) is 4.50. The molecule has 0 aromatic rings. The second kappa shape index (κ2) is 42.2. The lowest BCUT2D eigenvalue weighted by atomic mass is 10.1. The topological polar surface area (TPSA) is 105 Å². The summed E-state index contributed by atoms with van der Waals surface area (Å²) in [6, 6.07) is -0.856. The molecule has 3 atom stereocenters. The molecule has 1 amide bonds. The van der Waals surface area contributed by atoms with Crippen molar-refractivity contribution in [3.05, 3.63) is 122 Å². The van der Waals surface area contributed by atoms with Gasteiger partial charge in [-0.2, -0.15) is 0 Å². The van der Waals surface area contributed by atoms with Crippen LogP contribution in [0.5, 0.6) is 0 Å². The zero-order chi connectivity index (χ0) is 45.0. The minimum Gasteiger partial charge on any atom is -0.387 e. The lowest BCUT2D eigenvalue weighted by molar-refractivity contribution is -0.870. The highest BCUT2D eigenvalue weighted by Crippen LogP contribution is 2.43. The van der Waals surface area contributed by atoms with Crippen molar-refractivity contribution < 1.29 is 32.9 Å². The van der Waals surface area contributed by atoms with Crippen molar-refractivity contribution in [3.63, 3.8) is 0 Å². The zero-order valence-corrected chi connectivity index (χ0v) is 40.0. The van der Waals surface area contributed by atoms with Crippen LogP contribution in [0.3, 0.4) is 0 Å². The second-order valence-corrected chi connectivity index (χ2v) is 17.9. The number of aliphatic hydroxyl groups excluding tert-OH is 1. The number of carbonyl (C=O) groups is 1. The molecular weight excluding hydrogens is 780 g/mol. The predicted octanol–water partition coefficient (Wildman–Crippen LogP) is 13.5. The van der Waals surface area contributed by atoms with E-state index in [9.17, 15) is 19.4 Å². The number of phosphoric acid groups is 1. The number of aliphatic hydroxyl groups is 1. The zero-order valence-electron chi connectivity index (χ0n) is 39.1. The molecule has 0 spiro atoms. The first-order chi connectivity index (χ1) is 29.5. The van der Waals surface area contributed by atoms with Crippen molar-refractivity contribution in [1.82, 2.24) is 5.32 Å². The van der Waals surface area contributed by atoms with E-state index in [1.54, 1.807) is 6.08 Å². The van der Waals surface area contributed by atoms with Gasteiger partial charge >= 0.3 is 7.82 Å². The average molecular weight is 868 g/mol. The molecule has 8 nitrogen and oxygen atoms in total. The molecule has 0 heterocycles. The summed E-state index contributed by atoms with van der Waals surface area (Å²) < 4.78 is 23.3. The Morgan fingerprint density at radius 2 is 0.984 bits per heavy atom. The molecule has 0 aliphatic carbocycles. The normalized spacial score (nSPS) is 15.3. The number of quaternary nitrogens is 1. The lowest BCUT2D eigenvalue weighted by Crippen LogP contribution is -2.45. The third-order valence-corrected chi connectivity index (χ3v) is 10.4. The quantitative estimate of drug-likeness (QED) is 0.0245. The Bertz CT molecular complexity index is 1400. The summed E-state index contributed by atoms with van der Waals surface area (Å²) in [5, 5.41) is 13.5. The van der Waals surface area contributed by atoms with E-state index in [4.69, 9.17) is 9.05 Å². The molecule has 3 N–H and O–H groups in total. The molecule has 3 unspecified atom stereocenters. The monoisotopic (exact) mass is 868 g/mol. The van der Waals surface area contributed by atoms with Crippen LogP contribution >= 0.6 is 7.82 Å². The second-order valence-electron chi connectivity index (χ2n) is 16.4. The van der Waals surface area contributed by atoms with Crippen molar-refractivity contribution in [1.29, 1.82) is 0 Å². The molecule has 0 aliphatic rings. The van der Waals surface area contributed by atoms with Gasteiger partial charge in [-0.25, -0.2) is 4.57 Å². The van der Waals surface area contributed by atoms with E-state index < -0.39 is 20.0 Å². The van der Waals surface area contributed by atoms with Crippen LogP contribution in [0.1, 0.15) is 149 Å². The van der Waals surface area contributed by atoms with E-state index >= 15 is 0 Å². The molecule has 0 radical (unpaired) electrons. The molecule has 0 saturated carbocycles. The molecular formula is C52H88N2O6P+. The van der Waals surface area contributed by atoms with Crippen LogP contribution in [-0.4, -0.2) is 73.4 Å². The van der Waals surface area contributed by atoms with Crippen LogP contribution in [-0.2, 0) is 18.4 Å². The Kier molecular flexibility index (Phi) is 40.1. The summed E-state index contributed by atoms with van der Waals surface area (Å²) >= 11 is 0. The third kappa shape index (κ3) is 44.8. The number of allylic oxidation sites excluding steroid dienone is 19. The highest BCUT2D eigenvalue weighted by Gasteiger charge is 2.27. The van der Waals surface area contributed by atoms with Crippen molar-refractivity contribution in [2.75, 3.05) is 40.9 Å². The maximum Gasteiger partial charge on any atom is 0.472 e. The first kappa shape index (κ1) is 57.9. The van der Waals surface area contributed by atoms with Gasteiger partial charge in [-0.05, 0) is 83.5 Å². The fourth-order valence-corrected chi connectivity index (χ4v) is 6.46. The summed E-state index contributed by atoms with van der Waals surface area (Å²) in [4.78, 5) is 22.9. The Morgan fingerprint density at radius 3 is 1.43 bits per heavy atom. The molecule has 61 heavy (non-hydrogen) atoms. The maximum absolute atomic E-state index is 12.7. The Morgan fingerprint density at radius 1 is 0.574 bits per heavy atom. The van der Waals surface area contributed by atoms with Gasteiger partial charge in [-0.1, -0.05) is 180 Å². The molecule has 0 fully saturated rings. The van der Waals surface area contributed by atoms with Crippen LogP contribution in [0.4, 0.5) is 0 Å². The first-order valence-electron chi connectivity index (χ1n) is 23.4. The number of carbonyl (C=O) groups excluding carboxylic acids is 1. The van der Waals surface area contributed by atoms with Gasteiger partial charge < -0.3 is 19.8 Å². The third-order valence-electron chi connectivity index (χ3n) is 9.44. The van der Waals surface area contributed by atoms with Crippen LogP contribution in [0.25, 0.3) is 0 Å². The number of nitrogens with zero attached hydrogens (tertiary/aromatic N) is 1. The smallest absolute Gasteiger partial charge is 0.387 e. The van der Waals surface area contributed by atoms with E-state index in [1.165, 1.54) is 19.3 Å². The number of rotatable bonds is 40. The summed E-state index contributed by atoms with van der Waals surface area (Å²) in [6.07, 6.45) is 63.5. The lowest BCUT2D eigenvalue weighted by Gasteiger charge is -2.25. The number of hydrogen-bond donors (Lipinski definition) is 3. The van der Waals surface area contributed by atoms with Crippen molar-refractivity contribution in [2.45, 2.75) is 161 Å². The highest BCUT2D eigenvalue weighted by molar-refractivity contribution is 7.47. The minimum absolute atomic E-state index is 0.0510. The van der Waals surface area contributed by atoms with Gasteiger partial charge in [0.25, 0.3) is 0 Å². The number of phosphoric ester groups is 1. The van der Waals surface area contributed by atoms with Gasteiger partial charge in [-0.15, -0.1) is 0 Å². The van der Waals surface area contributed by atoms with Crippen molar-refractivity contribution in [2.24, 2.45) is 0 Å². The Hall–Kier alpha value is -3.10. The predicted molar refractivity (Wildman–Crippen MR) is 262 cm³/mol. The van der Waals surface area contributed by atoms with Crippen LogP contribution in [0.2, 0.25) is 0 Å². The summed E-state index contributed by atoms with van der Waals surface area (Å²) in [5.74, 6) is -0.205. The van der Waals surface area contributed by atoms with E-state index in [1.807, 2.05) is 27.2 Å². The van der Waals surface area contributed by atoms with E-state index in [2.05, 4.69) is 129 Å². The van der Waals surface area contributed by atoms with Gasteiger partial charge in [0.2, 0.25) is 5.91 Å². The Balaban J connectivity index is 4.00. The fourth-order valence-electron chi connectivity index (χ4n) is 5.72. The molecule has 9 heteroatoms. The van der Waals surface area contributed by atoms with Crippen molar-refractivity contribution >= 4 is 13.7 Å². The van der Waals surface area contributed by atoms with Gasteiger partial charge in [-0.3, -0.25) is 13.8 Å². The Labute approximate surface area is 374 Å². The molecule has 0 aromatic carbocycles.